The summed E-state index contributed by atoms with van der Waals surface area (Å²) in [5.41, 5.74) is 1.27. The van der Waals surface area contributed by atoms with E-state index in [-0.39, 0.29) is 12.0 Å². The molecule has 0 aromatic heterocycles. The second-order valence-electron chi connectivity index (χ2n) is 7.07. The number of para-hydroxylation sites is 1. The van der Waals surface area contributed by atoms with Gasteiger partial charge in [0.25, 0.3) is 0 Å². The van der Waals surface area contributed by atoms with Crippen LogP contribution in [0.3, 0.4) is 0 Å². The topological polar surface area (TPSA) is 32.8 Å². The van der Waals surface area contributed by atoms with Crippen molar-refractivity contribution in [1.29, 1.82) is 0 Å². The van der Waals surface area contributed by atoms with E-state index in [9.17, 15) is 4.79 Å². The number of ether oxygens (including phenoxy) is 1. The third kappa shape index (κ3) is 2.97. The Hall–Kier alpha value is -1.55. The molecule has 4 heteroatoms. The molecule has 3 saturated heterocycles. The van der Waals surface area contributed by atoms with Crippen molar-refractivity contribution in [3.05, 3.63) is 30.3 Å². The molecule has 23 heavy (non-hydrogen) atoms. The number of nitrogens with zero attached hydrogens (tertiary/aromatic N) is 2. The Morgan fingerprint density at radius 3 is 2.61 bits per heavy atom. The van der Waals surface area contributed by atoms with Gasteiger partial charge in [-0.05, 0) is 37.8 Å². The number of anilines is 1. The van der Waals surface area contributed by atoms with Crippen molar-refractivity contribution in [3.63, 3.8) is 0 Å². The van der Waals surface area contributed by atoms with Gasteiger partial charge in [-0.2, -0.15) is 0 Å². The standard InChI is InChI=1S/C19H26N2O2/c22-19(20-10-4-5-11-20)16-9-13-23-18-8-12-21(14-17(16)18)15-6-2-1-3-7-15/h1-3,6-7,16-18H,4-5,8-14H2/t16-,17-,18-/m1/s1. The van der Waals surface area contributed by atoms with E-state index in [1.165, 1.54) is 18.5 Å². The number of amides is 1. The Kier molecular flexibility index (Phi) is 4.25. The van der Waals surface area contributed by atoms with E-state index in [1.54, 1.807) is 0 Å². The van der Waals surface area contributed by atoms with Crippen molar-refractivity contribution < 1.29 is 9.53 Å². The van der Waals surface area contributed by atoms with E-state index in [0.717, 1.165) is 45.6 Å². The normalized spacial score (nSPS) is 31.0. The Morgan fingerprint density at radius 1 is 1.04 bits per heavy atom. The summed E-state index contributed by atoms with van der Waals surface area (Å²) < 4.78 is 6.01. The first-order chi connectivity index (χ1) is 11.3. The van der Waals surface area contributed by atoms with Crippen LogP contribution in [0.2, 0.25) is 0 Å². The van der Waals surface area contributed by atoms with Crippen LogP contribution in [0.5, 0.6) is 0 Å². The number of benzene rings is 1. The van der Waals surface area contributed by atoms with Gasteiger partial charge in [0.1, 0.15) is 0 Å². The van der Waals surface area contributed by atoms with E-state index in [1.807, 2.05) is 0 Å². The third-order valence-electron chi connectivity index (χ3n) is 5.73. The van der Waals surface area contributed by atoms with E-state index < -0.39 is 0 Å². The molecule has 0 saturated carbocycles. The number of fused-ring (bicyclic) bond motifs is 1. The lowest BCUT2D eigenvalue weighted by Crippen LogP contribution is -2.53. The summed E-state index contributed by atoms with van der Waals surface area (Å²) in [4.78, 5) is 17.5. The molecular formula is C19H26N2O2. The second kappa shape index (κ2) is 6.52. The lowest BCUT2D eigenvalue weighted by molar-refractivity contribution is -0.146. The van der Waals surface area contributed by atoms with Crippen LogP contribution in [-0.2, 0) is 9.53 Å². The summed E-state index contributed by atoms with van der Waals surface area (Å²) in [5.74, 6) is 0.875. The molecule has 3 fully saturated rings. The molecule has 1 amide bonds. The maximum Gasteiger partial charge on any atom is 0.226 e. The van der Waals surface area contributed by atoms with Crippen LogP contribution in [0.4, 0.5) is 5.69 Å². The minimum atomic E-state index is 0.151. The monoisotopic (exact) mass is 314 g/mol. The predicted octanol–water partition coefficient (Wildman–Crippen LogP) is 2.54. The minimum absolute atomic E-state index is 0.151. The first-order valence-corrected chi connectivity index (χ1v) is 9.03. The number of rotatable bonds is 2. The molecule has 0 spiro atoms. The highest BCUT2D eigenvalue weighted by atomic mass is 16.5. The Balaban J connectivity index is 1.51. The molecule has 4 nitrogen and oxygen atoms in total. The van der Waals surface area contributed by atoms with Gasteiger partial charge in [0.05, 0.1) is 6.10 Å². The second-order valence-corrected chi connectivity index (χ2v) is 7.07. The molecule has 0 bridgehead atoms. The van der Waals surface area contributed by atoms with Crippen molar-refractivity contribution in [2.45, 2.75) is 31.8 Å². The SMILES string of the molecule is O=C([C@@H]1CCO[C@@H]2CCN(c3ccccc3)C[C@@H]21)N1CCCC1. The van der Waals surface area contributed by atoms with Gasteiger partial charge >= 0.3 is 0 Å². The molecule has 4 rings (SSSR count). The van der Waals surface area contributed by atoms with Gasteiger partial charge in [0.15, 0.2) is 0 Å². The Morgan fingerprint density at radius 2 is 1.83 bits per heavy atom. The minimum Gasteiger partial charge on any atom is -0.378 e. The summed E-state index contributed by atoms with van der Waals surface area (Å²) >= 11 is 0. The van der Waals surface area contributed by atoms with Crippen molar-refractivity contribution in [1.82, 2.24) is 4.90 Å². The van der Waals surface area contributed by atoms with Gasteiger partial charge in [0.2, 0.25) is 5.91 Å². The summed E-state index contributed by atoms with van der Waals surface area (Å²) in [6.45, 7) is 4.62. The molecule has 0 N–H and O–H groups in total. The Bertz CT molecular complexity index is 542. The highest BCUT2D eigenvalue weighted by Crippen LogP contribution is 2.36. The molecule has 3 heterocycles. The molecule has 3 aliphatic rings. The van der Waals surface area contributed by atoms with Crippen LogP contribution in [-0.4, -0.2) is 49.7 Å². The van der Waals surface area contributed by atoms with E-state index in [2.05, 4.69) is 40.1 Å². The summed E-state index contributed by atoms with van der Waals surface area (Å²) in [5, 5.41) is 0. The van der Waals surface area contributed by atoms with Crippen LogP contribution in [0, 0.1) is 11.8 Å². The molecular weight excluding hydrogens is 288 g/mol. The zero-order valence-corrected chi connectivity index (χ0v) is 13.7. The lowest BCUT2D eigenvalue weighted by atomic mass is 9.78. The fourth-order valence-corrected chi connectivity index (χ4v) is 4.47. The summed E-state index contributed by atoms with van der Waals surface area (Å²) in [6, 6.07) is 10.6. The fourth-order valence-electron chi connectivity index (χ4n) is 4.47. The fraction of sp³-hybridized carbons (Fsp3) is 0.632. The first kappa shape index (κ1) is 15.0. The summed E-state index contributed by atoms with van der Waals surface area (Å²) in [6.07, 6.45) is 4.51. The zero-order valence-electron chi connectivity index (χ0n) is 13.7. The van der Waals surface area contributed by atoms with Gasteiger partial charge < -0.3 is 14.5 Å². The zero-order chi connectivity index (χ0) is 15.6. The molecule has 0 aliphatic carbocycles. The molecule has 3 atom stereocenters. The van der Waals surface area contributed by atoms with Crippen molar-refractivity contribution in [2.24, 2.45) is 11.8 Å². The van der Waals surface area contributed by atoms with Gasteiger partial charge in [-0.25, -0.2) is 0 Å². The largest absolute Gasteiger partial charge is 0.378 e. The number of piperidine rings is 1. The van der Waals surface area contributed by atoms with Crippen molar-refractivity contribution >= 4 is 11.6 Å². The number of likely N-dealkylation sites (tertiary alicyclic amines) is 1. The number of carbonyl (C=O) groups excluding carboxylic acids is 1. The van der Waals surface area contributed by atoms with Crippen LogP contribution >= 0.6 is 0 Å². The van der Waals surface area contributed by atoms with E-state index in [4.69, 9.17) is 4.74 Å². The number of hydrogen-bond donors (Lipinski definition) is 0. The molecule has 1 aromatic carbocycles. The van der Waals surface area contributed by atoms with Crippen LogP contribution in [0.25, 0.3) is 0 Å². The van der Waals surface area contributed by atoms with E-state index >= 15 is 0 Å². The van der Waals surface area contributed by atoms with Gasteiger partial charge in [-0.15, -0.1) is 0 Å². The number of hydrogen-bond acceptors (Lipinski definition) is 3. The Labute approximate surface area is 138 Å². The summed E-state index contributed by atoms with van der Waals surface area (Å²) in [7, 11) is 0. The number of carbonyl (C=O) groups is 1. The molecule has 3 aliphatic heterocycles. The maximum atomic E-state index is 13.0. The third-order valence-corrected chi connectivity index (χ3v) is 5.73. The maximum absolute atomic E-state index is 13.0. The average molecular weight is 314 g/mol. The highest BCUT2D eigenvalue weighted by molar-refractivity contribution is 5.79. The smallest absolute Gasteiger partial charge is 0.226 e. The molecule has 0 unspecified atom stereocenters. The van der Waals surface area contributed by atoms with E-state index in [0.29, 0.717) is 11.8 Å². The first-order valence-electron chi connectivity index (χ1n) is 9.03. The molecule has 124 valence electrons. The van der Waals surface area contributed by atoms with Crippen LogP contribution < -0.4 is 4.90 Å². The molecule has 1 aromatic rings. The van der Waals surface area contributed by atoms with Crippen LogP contribution in [0.1, 0.15) is 25.7 Å². The van der Waals surface area contributed by atoms with Gasteiger partial charge in [-0.3, -0.25) is 4.79 Å². The van der Waals surface area contributed by atoms with Crippen LogP contribution in [0.15, 0.2) is 30.3 Å². The molecule has 0 radical (unpaired) electrons. The lowest BCUT2D eigenvalue weighted by Gasteiger charge is -2.46. The van der Waals surface area contributed by atoms with Gasteiger partial charge in [-0.1, -0.05) is 18.2 Å². The average Bonchev–Trinajstić information content (AvgIpc) is 3.15. The predicted molar refractivity (Wildman–Crippen MR) is 90.4 cm³/mol. The van der Waals surface area contributed by atoms with Crippen molar-refractivity contribution in [2.75, 3.05) is 37.7 Å². The van der Waals surface area contributed by atoms with Crippen molar-refractivity contribution in [3.8, 4) is 0 Å². The quantitative estimate of drug-likeness (QED) is 0.841. The highest BCUT2D eigenvalue weighted by Gasteiger charge is 2.43. The van der Waals surface area contributed by atoms with Gasteiger partial charge in [0, 0.05) is 50.3 Å².